The minimum atomic E-state index is -0.417. The predicted octanol–water partition coefficient (Wildman–Crippen LogP) is 3.41. The van der Waals surface area contributed by atoms with Crippen LogP contribution in [0.3, 0.4) is 0 Å². The molecule has 2 aliphatic heterocycles. The zero-order valence-electron chi connectivity index (χ0n) is 15.0. The van der Waals surface area contributed by atoms with Gasteiger partial charge in [0, 0.05) is 31.7 Å². The Morgan fingerprint density at radius 1 is 1.00 bits per heavy atom. The van der Waals surface area contributed by atoms with Gasteiger partial charge in [-0.15, -0.1) is 19.0 Å². The van der Waals surface area contributed by atoms with E-state index in [1.54, 1.807) is 4.90 Å². The summed E-state index contributed by atoms with van der Waals surface area (Å²) in [5, 5.41) is 0. The van der Waals surface area contributed by atoms with Crippen molar-refractivity contribution >= 4 is 30.0 Å². The number of carbonyl (C=O) groups is 2. The molecule has 3 amide bonds. The largest absolute Gasteiger partial charge is 0.332 e. The first-order valence-electron chi connectivity index (χ1n) is 8.83. The van der Waals surface area contributed by atoms with Gasteiger partial charge in [0.15, 0.2) is 0 Å². The molecule has 0 aliphatic carbocycles. The Morgan fingerprint density at radius 3 is 2.44 bits per heavy atom. The summed E-state index contributed by atoms with van der Waals surface area (Å²) < 4.78 is 0. The molecule has 140 valence electrons. The smallest absolute Gasteiger partial charge is 0.309 e. The van der Waals surface area contributed by atoms with Crippen LogP contribution >= 0.6 is 12.4 Å². The summed E-state index contributed by atoms with van der Waals surface area (Å²) in [6.45, 7) is 6.37. The van der Waals surface area contributed by atoms with Crippen molar-refractivity contribution in [1.82, 2.24) is 9.80 Å². The second-order valence-corrected chi connectivity index (χ2v) is 6.60. The molecular formula is C21H22ClN3O2. The highest BCUT2D eigenvalue weighted by atomic mass is 35.5. The molecular weight excluding hydrogens is 362 g/mol. The first kappa shape index (κ1) is 19.1. The average molecular weight is 384 g/mol. The number of amides is 3. The van der Waals surface area contributed by atoms with Gasteiger partial charge in [-0.2, -0.15) is 0 Å². The summed E-state index contributed by atoms with van der Waals surface area (Å²) in [4.78, 5) is 31.3. The van der Waals surface area contributed by atoms with E-state index in [1.807, 2.05) is 60.7 Å². The van der Waals surface area contributed by atoms with Gasteiger partial charge in [0.2, 0.25) is 0 Å². The third-order valence-corrected chi connectivity index (χ3v) is 5.02. The summed E-state index contributed by atoms with van der Waals surface area (Å²) in [6, 6.07) is 16.8. The van der Waals surface area contributed by atoms with Crippen LogP contribution in [0.25, 0.3) is 11.1 Å². The molecule has 2 aromatic rings. The van der Waals surface area contributed by atoms with E-state index in [-0.39, 0.29) is 24.3 Å². The topological polar surface area (TPSA) is 43.9 Å². The van der Waals surface area contributed by atoms with Gasteiger partial charge in [-0.25, -0.2) is 9.69 Å². The number of benzene rings is 2. The third kappa shape index (κ3) is 3.36. The van der Waals surface area contributed by atoms with Gasteiger partial charge in [0.25, 0.3) is 5.91 Å². The molecule has 0 spiro atoms. The van der Waals surface area contributed by atoms with Crippen molar-refractivity contribution in [3.05, 3.63) is 67.3 Å². The maximum atomic E-state index is 13.1. The number of urea groups is 1. The van der Waals surface area contributed by atoms with E-state index in [0.29, 0.717) is 18.8 Å². The second-order valence-electron chi connectivity index (χ2n) is 6.60. The van der Waals surface area contributed by atoms with Crippen LogP contribution in [0, 0.1) is 0 Å². The molecule has 2 aromatic carbocycles. The van der Waals surface area contributed by atoms with Crippen molar-refractivity contribution in [2.24, 2.45) is 0 Å². The molecule has 6 heteroatoms. The summed E-state index contributed by atoms with van der Waals surface area (Å²) in [5.41, 5.74) is 2.53. The highest BCUT2D eigenvalue weighted by Crippen LogP contribution is 2.35. The van der Waals surface area contributed by atoms with Gasteiger partial charge >= 0.3 is 6.03 Å². The minimum Gasteiger partial charge on any atom is -0.309 e. The highest BCUT2D eigenvalue weighted by molar-refractivity contribution is 6.23. The molecule has 5 nitrogen and oxygen atoms in total. The van der Waals surface area contributed by atoms with Gasteiger partial charge in [-0.3, -0.25) is 9.69 Å². The average Bonchev–Trinajstić information content (AvgIpc) is 2.93. The Bertz CT molecular complexity index is 856. The number of halogens is 1. The molecule has 2 fully saturated rings. The molecule has 4 rings (SSSR count). The van der Waals surface area contributed by atoms with Crippen molar-refractivity contribution in [2.75, 3.05) is 31.1 Å². The minimum absolute atomic E-state index is 0. The molecule has 1 atom stereocenters. The first-order chi connectivity index (χ1) is 12.7. The lowest BCUT2D eigenvalue weighted by atomic mass is 10.0. The predicted molar refractivity (Wildman–Crippen MR) is 109 cm³/mol. The quantitative estimate of drug-likeness (QED) is 0.600. The molecule has 0 aromatic heterocycles. The van der Waals surface area contributed by atoms with Gasteiger partial charge < -0.3 is 4.90 Å². The van der Waals surface area contributed by atoms with Crippen LogP contribution < -0.4 is 4.90 Å². The fourth-order valence-electron chi connectivity index (χ4n) is 3.75. The maximum Gasteiger partial charge on any atom is 0.332 e. The molecule has 27 heavy (non-hydrogen) atoms. The fourth-order valence-corrected chi connectivity index (χ4v) is 3.75. The van der Waals surface area contributed by atoms with E-state index < -0.39 is 6.04 Å². The molecule has 0 N–H and O–H groups in total. The van der Waals surface area contributed by atoms with Crippen molar-refractivity contribution in [3.63, 3.8) is 0 Å². The number of para-hydroxylation sites is 1. The van der Waals surface area contributed by atoms with Crippen LogP contribution in [0.1, 0.15) is 0 Å². The third-order valence-electron chi connectivity index (χ3n) is 5.02. The Morgan fingerprint density at radius 2 is 1.70 bits per heavy atom. The van der Waals surface area contributed by atoms with Gasteiger partial charge in [0.05, 0.1) is 5.69 Å². The summed E-state index contributed by atoms with van der Waals surface area (Å²) in [6.07, 6.45) is 1.83. The number of anilines is 1. The lowest BCUT2D eigenvalue weighted by Crippen LogP contribution is -2.52. The summed E-state index contributed by atoms with van der Waals surface area (Å²) in [7, 11) is 0. The number of fused-ring (bicyclic) bond motifs is 1. The Labute approximate surface area is 165 Å². The Kier molecular flexibility index (Phi) is 5.63. The molecule has 2 saturated heterocycles. The van der Waals surface area contributed by atoms with E-state index in [0.717, 1.165) is 24.2 Å². The number of carbonyl (C=O) groups excluding carboxylic acids is 2. The van der Waals surface area contributed by atoms with Gasteiger partial charge in [0.1, 0.15) is 6.04 Å². The highest BCUT2D eigenvalue weighted by Gasteiger charge is 2.48. The Balaban J connectivity index is 0.00000210. The molecule has 2 aliphatic rings. The van der Waals surface area contributed by atoms with Crippen LogP contribution in [0.5, 0.6) is 0 Å². The summed E-state index contributed by atoms with van der Waals surface area (Å²) >= 11 is 0. The van der Waals surface area contributed by atoms with E-state index in [1.165, 1.54) is 4.90 Å². The monoisotopic (exact) mass is 383 g/mol. The van der Waals surface area contributed by atoms with E-state index in [4.69, 9.17) is 0 Å². The molecule has 0 saturated carbocycles. The molecule has 2 heterocycles. The Hall–Kier alpha value is -2.63. The number of rotatable bonds is 4. The SMILES string of the molecule is C=CCN1CCN2C(=O)N(c3ccccc3-c3ccccc3)C(=O)C2C1.Cl. The number of hydrogen-bond acceptors (Lipinski definition) is 3. The standard InChI is InChI=1S/C21H21N3O2.ClH/c1-2-12-22-13-14-23-19(15-22)20(25)24(21(23)26)18-11-7-6-10-17(18)16-8-4-3-5-9-16;/h2-11,19H,1,12-15H2;1H. The fraction of sp³-hybridized carbons (Fsp3) is 0.238. The van der Waals surface area contributed by atoms with Crippen LogP contribution in [0.2, 0.25) is 0 Å². The van der Waals surface area contributed by atoms with Crippen LogP contribution in [0.4, 0.5) is 10.5 Å². The normalized spacial score (nSPS) is 19.6. The van der Waals surface area contributed by atoms with Crippen LogP contribution in [0.15, 0.2) is 67.3 Å². The van der Waals surface area contributed by atoms with E-state index >= 15 is 0 Å². The number of hydrogen-bond donors (Lipinski definition) is 0. The van der Waals surface area contributed by atoms with Crippen LogP contribution in [-0.2, 0) is 4.79 Å². The molecule has 0 bridgehead atoms. The lowest BCUT2D eigenvalue weighted by Gasteiger charge is -2.34. The number of nitrogens with zero attached hydrogens (tertiary/aromatic N) is 3. The van der Waals surface area contributed by atoms with Crippen LogP contribution in [-0.4, -0.2) is 54.0 Å². The van der Waals surface area contributed by atoms with Crippen molar-refractivity contribution in [2.45, 2.75) is 6.04 Å². The van der Waals surface area contributed by atoms with E-state index in [2.05, 4.69) is 11.5 Å². The van der Waals surface area contributed by atoms with Gasteiger partial charge in [-0.1, -0.05) is 54.6 Å². The second kappa shape index (κ2) is 7.94. The first-order valence-corrected chi connectivity index (χ1v) is 8.83. The molecule has 1 unspecified atom stereocenters. The summed E-state index contributed by atoms with van der Waals surface area (Å²) in [5.74, 6) is -0.146. The maximum absolute atomic E-state index is 13.1. The van der Waals surface area contributed by atoms with E-state index in [9.17, 15) is 9.59 Å². The van der Waals surface area contributed by atoms with Crippen molar-refractivity contribution in [1.29, 1.82) is 0 Å². The number of piperazine rings is 1. The van der Waals surface area contributed by atoms with Gasteiger partial charge in [-0.05, 0) is 11.6 Å². The van der Waals surface area contributed by atoms with Crippen molar-refractivity contribution < 1.29 is 9.59 Å². The van der Waals surface area contributed by atoms with Crippen molar-refractivity contribution in [3.8, 4) is 11.1 Å². The lowest BCUT2D eigenvalue weighted by molar-refractivity contribution is -0.121. The zero-order valence-corrected chi connectivity index (χ0v) is 15.8. The molecule has 0 radical (unpaired) electrons. The number of imide groups is 1. The zero-order chi connectivity index (χ0) is 18.1.